The average Bonchev–Trinajstić information content (AvgIpc) is 2.59. The van der Waals surface area contributed by atoms with Crippen molar-refractivity contribution in [2.45, 2.75) is 44.7 Å². The highest BCUT2D eigenvalue weighted by Crippen LogP contribution is 2.32. The molecule has 0 amide bonds. The smallest absolute Gasteiger partial charge is 0.124 e. The van der Waals surface area contributed by atoms with E-state index in [2.05, 4.69) is 12.2 Å². The Morgan fingerprint density at radius 3 is 3.16 bits per heavy atom. The van der Waals surface area contributed by atoms with Crippen LogP contribution >= 0.6 is 0 Å². The van der Waals surface area contributed by atoms with E-state index in [1.807, 2.05) is 0 Å². The maximum atomic E-state index is 13.4. The summed E-state index contributed by atoms with van der Waals surface area (Å²) >= 11 is 0. The summed E-state index contributed by atoms with van der Waals surface area (Å²) in [6.07, 6.45) is 3.60. The molecule has 1 aliphatic rings. The van der Waals surface area contributed by atoms with Gasteiger partial charge in [0.2, 0.25) is 0 Å². The maximum absolute atomic E-state index is 13.4. The zero-order chi connectivity index (χ0) is 13.7. The van der Waals surface area contributed by atoms with Gasteiger partial charge >= 0.3 is 0 Å². The molecule has 1 aromatic carbocycles. The minimum absolute atomic E-state index is 0.127. The minimum Gasteiger partial charge on any atom is -0.493 e. The van der Waals surface area contributed by atoms with Crippen LogP contribution in [0, 0.1) is 5.82 Å². The van der Waals surface area contributed by atoms with Crippen molar-refractivity contribution >= 4 is 0 Å². The predicted octanol–water partition coefficient (Wildman–Crippen LogP) is 2.79. The van der Waals surface area contributed by atoms with E-state index in [4.69, 9.17) is 9.84 Å². The topological polar surface area (TPSA) is 41.5 Å². The summed E-state index contributed by atoms with van der Waals surface area (Å²) in [4.78, 5) is 0. The SMILES string of the molecule is CC(CCCO)NC1CCCOc2ccc(F)cc21. The molecule has 0 bridgehead atoms. The molecule has 106 valence electrons. The Morgan fingerprint density at radius 2 is 2.37 bits per heavy atom. The molecule has 0 radical (unpaired) electrons. The second kappa shape index (κ2) is 6.87. The Hall–Kier alpha value is -1.13. The highest BCUT2D eigenvalue weighted by Gasteiger charge is 2.21. The standard InChI is InChI=1S/C15H22FNO2/c1-11(4-2-8-18)17-14-5-3-9-19-15-7-6-12(16)10-13(14)15/h6-7,10-11,14,17-18H,2-5,8-9H2,1H3. The summed E-state index contributed by atoms with van der Waals surface area (Å²) in [5.41, 5.74) is 0.911. The molecule has 4 heteroatoms. The lowest BCUT2D eigenvalue weighted by atomic mass is 10.00. The van der Waals surface area contributed by atoms with E-state index >= 15 is 0 Å². The number of hydrogen-bond donors (Lipinski definition) is 2. The Kier molecular flexibility index (Phi) is 5.16. The largest absolute Gasteiger partial charge is 0.493 e. The number of hydrogen-bond acceptors (Lipinski definition) is 3. The number of halogens is 1. The van der Waals surface area contributed by atoms with Crippen LogP contribution in [0.15, 0.2) is 18.2 Å². The molecular weight excluding hydrogens is 245 g/mol. The lowest BCUT2D eigenvalue weighted by Crippen LogP contribution is -2.30. The van der Waals surface area contributed by atoms with Gasteiger partial charge in [0.1, 0.15) is 11.6 Å². The third kappa shape index (κ3) is 3.91. The summed E-state index contributed by atoms with van der Waals surface area (Å²) in [7, 11) is 0. The van der Waals surface area contributed by atoms with Crippen LogP contribution in [-0.4, -0.2) is 24.4 Å². The van der Waals surface area contributed by atoms with Crippen LogP contribution in [-0.2, 0) is 0 Å². The van der Waals surface area contributed by atoms with Crippen LogP contribution in [0.1, 0.15) is 44.2 Å². The van der Waals surface area contributed by atoms with Gasteiger partial charge in [-0.25, -0.2) is 4.39 Å². The highest BCUT2D eigenvalue weighted by atomic mass is 19.1. The van der Waals surface area contributed by atoms with Gasteiger partial charge in [0.25, 0.3) is 0 Å². The van der Waals surface area contributed by atoms with Crippen molar-refractivity contribution in [3.63, 3.8) is 0 Å². The first-order valence-electron chi connectivity index (χ1n) is 7.00. The molecule has 1 heterocycles. The third-order valence-corrected chi connectivity index (χ3v) is 3.52. The first-order valence-corrected chi connectivity index (χ1v) is 7.00. The van der Waals surface area contributed by atoms with E-state index in [0.29, 0.717) is 12.6 Å². The van der Waals surface area contributed by atoms with Crippen molar-refractivity contribution < 1.29 is 14.2 Å². The number of aliphatic hydroxyl groups excluding tert-OH is 1. The number of rotatable bonds is 5. The van der Waals surface area contributed by atoms with E-state index in [1.54, 1.807) is 12.1 Å². The van der Waals surface area contributed by atoms with Crippen molar-refractivity contribution in [3.05, 3.63) is 29.6 Å². The quantitative estimate of drug-likeness (QED) is 0.862. The lowest BCUT2D eigenvalue weighted by Gasteiger charge is -2.23. The first-order chi connectivity index (χ1) is 9.20. The highest BCUT2D eigenvalue weighted by molar-refractivity contribution is 5.37. The molecule has 0 fully saturated rings. The lowest BCUT2D eigenvalue weighted by molar-refractivity contribution is 0.272. The summed E-state index contributed by atoms with van der Waals surface area (Å²) < 4.78 is 19.1. The molecule has 3 nitrogen and oxygen atoms in total. The monoisotopic (exact) mass is 267 g/mol. The van der Waals surface area contributed by atoms with Crippen LogP contribution in [0.25, 0.3) is 0 Å². The second-order valence-corrected chi connectivity index (χ2v) is 5.16. The van der Waals surface area contributed by atoms with E-state index < -0.39 is 0 Å². The molecule has 19 heavy (non-hydrogen) atoms. The second-order valence-electron chi connectivity index (χ2n) is 5.16. The number of benzene rings is 1. The summed E-state index contributed by atoms with van der Waals surface area (Å²) in [5, 5.41) is 12.4. The summed E-state index contributed by atoms with van der Waals surface area (Å²) in [6, 6.07) is 5.14. The van der Waals surface area contributed by atoms with Gasteiger partial charge in [0.05, 0.1) is 6.61 Å². The molecule has 0 aromatic heterocycles. The maximum Gasteiger partial charge on any atom is 0.124 e. The van der Waals surface area contributed by atoms with E-state index in [0.717, 1.165) is 37.0 Å². The van der Waals surface area contributed by atoms with E-state index in [1.165, 1.54) is 6.07 Å². The molecule has 2 rings (SSSR count). The normalized spacial score (nSPS) is 20.3. The molecule has 1 aliphatic heterocycles. The molecule has 2 atom stereocenters. The average molecular weight is 267 g/mol. The third-order valence-electron chi connectivity index (χ3n) is 3.52. The molecule has 0 aliphatic carbocycles. The van der Waals surface area contributed by atoms with Gasteiger partial charge in [-0.15, -0.1) is 0 Å². The molecule has 0 saturated carbocycles. The van der Waals surface area contributed by atoms with E-state index in [9.17, 15) is 4.39 Å². The Labute approximate surface area is 113 Å². The van der Waals surface area contributed by atoms with Crippen molar-refractivity contribution in [2.75, 3.05) is 13.2 Å². The number of fused-ring (bicyclic) bond motifs is 1. The van der Waals surface area contributed by atoms with Crippen molar-refractivity contribution in [1.29, 1.82) is 0 Å². The van der Waals surface area contributed by atoms with Gasteiger partial charge in [-0.05, 0) is 50.8 Å². The molecule has 0 saturated heterocycles. The number of ether oxygens (including phenoxy) is 1. The van der Waals surface area contributed by atoms with Crippen LogP contribution in [0.3, 0.4) is 0 Å². The molecule has 2 N–H and O–H groups in total. The van der Waals surface area contributed by atoms with Crippen LogP contribution < -0.4 is 10.1 Å². The van der Waals surface area contributed by atoms with Crippen molar-refractivity contribution in [1.82, 2.24) is 5.32 Å². The Balaban J connectivity index is 2.10. The molecular formula is C15H22FNO2. The van der Waals surface area contributed by atoms with Crippen LogP contribution in [0.4, 0.5) is 4.39 Å². The van der Waals surface area contributed by atoms with Gasteiger partial charge in [0.15, 0.2) is 0 Å². The fraction of sp³-hybridized carbons (Fsp3) is 0.600. The summed E-state index contributed by atoms with van der Waals surface area (Å²) in [6.45, 7) is 2.99. The fourth-order valence-electron chi connectivity index (χ4n) is 2.55. The zero-order valence-corrected chi connectivity index (χ0v) is 11.4. The molecule has 1 aromatic rings. The van der Waals surface area contributed by atoms with Crippen molar-refractivity contribution in [2.24, 2.45) is 0 Å². The molecule has 0 spiro atoms. The van der Waals surface area contributed by atoms with Gasteiger partial charge in [-0.1, -0.05) is 0 Å². The fourth-order valence-corrected chi connectivity index (χ4v) is 2.55. The van der Waals surface area contributed by atoms with Crippen molar-refractivity contribution in [3.8, 4) is 5.75 Å². The predicted molar refractivity (Wildman–Crippen MR) is 72.8 cm³/mol. The zero-order valence-electron chi connectivity index (χ0n) is 11.4. The van der Waals surface area contributed by atoms with Gasteiger partial charge < -0.3 is 15.2 Å². The Morgan fingerprint density at radius 1 is 1.53 bits per heavy atom. The Bertz CT molecular complexity index is 411. The number of nitrogens with one attached hydrogen (secondary N) is 1. The summed E-state index contributed by atoms with van der Waals surface area (Å²) in [5.74, 6) is 0.560. The first kappa shape index (κ1) is 14.3. The van der Waals surface area contributed by atoms with Gasteiger partial charge in [0, 0.05) is 24.3 Å². The molecule has 2 unspecified atom stereocenters. The van der Waals surface area contributed by atoms with Crippen LogP contribution in [0.5, 0.6) is 5.75 Å². The minimum atomic E-state index is -0.223. The number of aliphatic hydroxyl groups is 1. The van der Waals surface area contributed by atoms with Crippen LogP contribution in [0.2, 0.25) is 0 Å². The van der Waals surface area contributed by atoms with Gasteiger partial charge in [-0.2, -0.15) is 0 Å². The van der Waals surface area contributed by atoms with E-state index in [-0.39, 0.29) is 18.5 Å². The van der Waals surface area contributed by atoms with Gasteiger partial charge in [-0.3, -0.25) is 0 Å².